The second-order valence-electron chi connectivity index (χ2n) is 7.77. The predicted molar refractivity (Wildman–Crippen MR) is 114 cm³/mol. The van der Waals surface area contributed by atoms with Crippen molar-refractivity contribution in [2.24, 2.45) is 13.0 Å². The monoisotopic (exact) mass is 433 g/mol. The minimum absolute atomic E-state index is 0.0665. The topological polar surface area (TPSA) is 119 Å². The zero-order valence-electron chi connectivity index (χ0n) is 17.6. The quantitative estimate of drug-likeness (QED) is 0.669. The first-order valence-corrected chi connectivity index (χ1v) is 10.5. The van der Waals surface area contributed by atoms with Crippen molar-refractivity contribution in [1.82, 2.24) is 30.0 Å². The Bertz CT molecular complexity index is 899. The van der Waals surface area contributed by atoms with Crippen molar-refractivity contribution in [2.75, 3.05) is 18.8 Å². The summed E-state index contributed by atoms with van der Waals surface area (Å²) in [5.74, 6) is 1.12. The second kappa shape index (κ2) is 9.42. The van der Waals surface area contributed by atoms with Crippen LogP contribution in [0.2, 0.25) is 5.15 Å². The number of rotatable bonds is 6. The summed E-state index contributed by atoms with van der Waals surface area (Å²) in [5, 5.41) is 7.16. The van der Waals surface area contributed by atoms with E-state index in [4.69, 9.17) is 17.3 Å². The van der Waals surface area contributed by atoms with Crippen LogP contribution < -0.4 is 11.1 Å². The first-order valence-electron chi connectivity index (χ1n) is 10.1. The third-order valence-electron chi connectivity index (χ3n) is 5.60. The maximum atomic E-state index is 12.7. The van der Waals surface area contributed by atoms with E-state index in [1.54, 1.807) is 33.2 Å². The van der Waals surface area contributed by atoms with E-state index in [1.165, 1.54) is 4.68 Å². The Hall–Kier alpha value is -2.68. The summed E-state index contributed by atoms with van der Waals surface area (Å²) in [6.07, 6.45) is 5.00. The Kier molecular flexibility index (Phi) is 6.91. The van der Waals surface area contributed by atoms with Gasteiger partial charge in [0.25, 0.3) is 5.91 Å². The predicted octanol–water partition coefficient (Wildman–Crippen LogP) is 1.74. The third kappa shape index (κ3) is 5.08. The molecule has 0 aliphatic carbocycles. The lowest BCUT2D eigenvalue weighted by Gasteiger charge is -2.33. The summed E-state index contributed by atoms with van der Waals surface area (Å²) in [6, 6.07) is 1.03. The summed E-state index contributed by atoms with van der Waals surface area (Å²) in [5.41, 5.74) is 7.21. The van der Waals surface area contributed by atoms with Crippen LogP contribution in [0, 0.1) is 12.8 Å². The minimum Gasteiger partial charge on any atom is -0.383 e. The molecule has 1 atom stereocenters. The molecule has 0 aromatic carbocycles. The molecule has 0 radical (unpaired) electrons. The van der Waals surface area contributed by atoms with E-state index in [9.17, 15) is 9.59 Å². The van der Waals surface area contributed by atoms with Crippen molar-refractivity contribution < 1.29 is 9.59 Å². The summed E-state index contributed by atoms with van der Waals surface area (Å²) in [7, 11) is 1.69. The molecule has 1 aliphatic heterocycles. The van der Waals surface area contributed by atoms with E-state index >= 15 is 0 Å². The molecule has 1 fully saturated rings. The highest BCUT2D eigenvalue weighted by atomic mass is 35.5. The van der Waals surface area contributed by atoms with Gasteiger partial charge in [0, 0.05) is 31.9 Å². The Balaban J connectivity index is 1.47. The first-order chi connectivity index (χ1) is 14.3. The molecule has 3 heterocycles. The van der Waals surface area contributed by atoms with Gasteiger partial charge in [0.1, 0.15) is 28.5 Å². The van der Waals surface area contributed by atoms with Crippen molar-refractivity contribution in [2.45, 2.75) is 45.6 Å². The number of nitrogens with zero attached hydrogens (tertiary/aromatic N) is 5. The fraction of sp³-hybridized carbons (Fsp3) is 0.550. The molecule has 2 aromatic rings. The van der Waals surface area contributed by atoms with Crippen molar-refractivity contribution in [3.63, 3.8) is 0 Å². The van der Waals surface area contributed by atoms with E-state index in [1.807, 2.05) is 4.90 Å². The number of anilines is 1. The molecule has 1 saturated heterocycles. The van der Waals surface area contributed by atoms with Crippen LogP contribution in [0.15, 0.2) is 12.3 Å². The van der Waals surface area contributed by atoms with Gasteiger partial charge < -0.3 is 16.0 Å². The number of carbonyl (C=O) groups excluding carboxylic acids is 2. The highest BCUT2D eigenvalue weighted by Gasteiger charge is 2.27. The van der Waals surface area contributed by atoms with Crippen LogP contribution in [0.25, 0.3) is 0 Å². The molecule has 162 valence electrons. The zero-order chi connectivity index (χ0) is 21.8. The van der Waals surface area contributed by atoms with Gasteiger partial charge in [0.15, 0.2) is 0 Å². The number of carbonyl (C=O) groups is 2. The molecule has 30 heavy (non-hydrogen) atoms. The van der Waals surface area contributed by atoms with Crippen LogP contribution in [0.3, 0.4) is 0 Å². The molecular formula is C20H28ClN7O2. The van der Waals surface area contributed by atoms with E-state index < -0.39 is 6.04 Å². The molecule has 2 amide bonds. The van der Waals surface area contributed by atoms with Crippen LogP contribution in [-0.4, -0.2) is 55.6 Å². The van der Waals surface area contributed by atoms with Gasteiger partial charge in [-0.25, -0.2) is 9.97 Å². The highest BCUT2D eigenvalue weighted by molar-refractivity contribution is 6.30. The van der Waals surface area contributed by atoms with Crippen molar-refractivity contribution in [1.29, 1.82) is 0 Å². The lowest BCUT2D eigenvalue weighted by molar-refractivity contribution is -0.134. The number of aryl methyl sites for hydroxylation is 2. The molecule has 0 saturated carbocycles. The number of nitrogens with two attached hydrogens (primary N) is 1. The van der Waals surface area contributed by atoms with Gasteiger partial charge in [0.05, 0.1) is 0 Å². The van der Waals surface area contributed by atoms with Crippen LogP contribution in [0.4, 0.5) is 5.82 Å². The average molecular weight is 434 g/mol. The van der Waals surface area contributed by atoms with Crippen LogP contribution >= 0.6 is 11.6 Å². The van der Waals surface area contributed by atoms with Crippen molar-refractivity contribution in [3.8, 4) is 0 Å². The number of hydrogen-bond donors (Lipinski definition) is 2. The van der Waals surface area contributed by atoms with Gasteiger partial charge in [-0.1, -0.05) is 11.6 Å². The van der Waals surface area contributed by atoms with Crippen molar-refractivity contribution >= 4 is 29.2 Å². The summed E-state index contributed by atoms with van der Waals surface area (Å²) in [6.45, 7) is 4.82. The lowest BCUT2D eigenvalue weighted by atomic mass is 9.90. The number of amides is 2. The van der Waals surface area contributed by atoms with Gasteiger partial charge in [-0.2, -0.15) is 5.10 Å². The van der Waals surface area contributed by atoms with E-state index in [0.29, 0.717) is 41.5 Å². The summed E-state index contributed by atoms with van der Waals surface area (Å²) < 4.78 is 1.48. The Labute approximate surface area is 181 Å². The SMILES string of the molecule is Cc1nc(N)c(CCC2CCN(C(=O)C(C)NC(=O)c3ccnn3C)CC2)c(Cl)n1. The molecule has 0 bridgehead atoms. The minimum atomic E-state index is -0.590. The third-order valence-corrected chi connectivity index (χ3v) is 5.91. The zero-order valence-corrected chi connectivity index (χ0v) is 18.3. The van der Waals surface area contributed by atoms with Crippen LogP contribution in [0.5, 0.6) is 0 Å². The number of nitrogens with one attached hydrogen (secondary N) is 1. The van der Waals surface area contributed by atoms with Gasteiger partial charge >= 0.3 is 0 Å². The number of likely N-dealkylation sites (tertiary alicyclic amines) is 1. The molecule has 0 spiro atoms. The van der Waals surface area contributed by atoms with Gasteiger partial charge in [-0.05, 0) is 51.5 Å². The molecule has 3 N–H and O–H groups in total. The maximum absolute atomic E-state index is 12.7. The molecule has 10 heteroatoms. The number of aromatic nitrogens is 4. The Morgan fingerprint density at radius 2 is 2.03 bits per heavy atom. The van der Waals surface area contributed by atoms with Crippen molar-refractivity contribution in [3.05, 3.63) is 34.5 Å². The fourth-order valence-electron chi connectivity index (χ4n) is 3.81. The normalized spacial score (nSPS) is 15.8. The highest BCUT2D eigenvalue weighted by Crippen LogP contribution is 2.26. The molecule has 9 nitrogen and oxygen atoms in total. The van der Waals surface area contributed by atoms with E-state index in [0.717, 1.165) is 31.2 Å². The largest absolute Gasteiger partial charge is 0.383 e. The standard InChI is InChI=1S/C20H28ClN7O2/c1-12(24-19(29)16-6-9-23-27(16)3)20(30)28-10-7-14(8-11-28)4-5-15-17(21)25-13(2)26-18(15)22/h6,9,12,14H,4-5,7-8,10-11H2,1-3H3,(H,24,29)(H2,22,25,26). The van der Waals surface area contributed by atoms with Gasteiger partial charge in [0.2, 0.25) is 5.91 Å². The average Bonchev–Trinajstić information content (AvgIpc) is 3.13. The maximum Gasteiger partial charge on any atom is 0.270 e. The molecule has 2 aromatic heterocycles. The molecular weight excluding hydrogens is 406 g/mol. The lowest BCUT2D eigenvalue weighted by Crippen LogP contribution is -2.49. The van der Waals surface area contributed by atoms with E-state index in [2.05, 4.69) is 20.4 Å². The molecule has 1 unspecified atom stereocenters. The van der Waals surface area contributed by atoms with E-state index in [-0.39, 0.29) is 11.8 Å². The van der Waals surface area contributed by atoms with Gasteiger partial charge in [-0.15, -0.1) is 0 Å². The Morgan fingerprint density at radius 3 is 2.63 bits per heavy atom. The van der Waals surface area contributed by atoms with Gasteiger partial charge in [-0.3, -0.25) is 14.3 Å². The Morgan fingerprint density at radius 1 is 1.33 bits per heavy atom. The summed E-state index contributed by atoms with van der Waals surface area (Å²) >= 11 is 6.22. The number of halogens is 1. The number of nitrogen functional groups attached to an aromatic ring is 1. The molecule has 1 aliphatic rings. The molecule has 3 rings (SSSR count). The smallest absolute Gasteiger partial charge is 0.270 e. The summed E-state index contributed by atoms with van der Waals surface area (Å²) in [4.78, 5) is 35.2. The second-order valence-corrected chi connectivity index (χ2v) is 8.13. The fourth-order valence-corrected chi connectivity index (χ4v) is 4.12. The number of piperidine rings is 1. The number of hydrogen-bond acceptors (Lipinski definition) is 6. The van der Waals surface area contributed by atoms with Crippen LogP contribution in [-0.2, 0) is 18.3 Å². The van der Waals surface area contributed by atoms with Crippen LogP contribution in [0.1, 0.15) is 48.1 Å². The first kappa shape index (κ1) is 22.0.